The lowest BCUT2D eigenvalue weighted by molar-refractivity contribution is 0.0189. The Hall–Kier alpha value is -0.420. The first kappa shape index (κ1) is 14.6. The first-order chi connectivity index (χ1) is 8.22. The van der Waals surface area contributed by atoms with Gasteiger partial charge in [-0.1, -0.05) is 19.4 Å². The summed E-state index contributed by atoms with van der Waals surface area (Å²) in [5.74, 6) is 0. The van der Waals surface area contributed by atoms with Gasteiger partial charge in [-0.15, -0.1) is 11.3 Å². The lowest BCUT2D eigenvalue weighted by Crippen LogP contribution is -2.31. The molecule has 0 radical (unpaired) electrons. The second-order valence-corrected chi connectivity index (χ2v) is 5.39. The molecule has 0 bridgehead atoms. The van der Waals surface area contributed by atoms with Crippen molar-refractivity contribution in [2.45, 2.75) is 32.4 Å². The molecule has 0 fully saturated rings. The van der Waals surface area contributed by atoms with Crippen LogP contribution in [0.4, 0.5) is 0 Å². The van der Waals surface area contributed by atoms with Crippen LogP contribution < -0.4 is 0 Å². The standard InChI is InChI=1S/C13H23NO2S/c1-3-4-7-16-11-12(15)9-14(2)10-13-6-5-8-17-13/h5-6,8,12,15H,3-4,7,9-11H2,1-2H3. The van der Waals surface area contributed by atoms with Crippen molar-refractivity contribution >= 4 is 11.3 Å². The van der Waals surface area contributed by atoms with E-state index in [4.69, 9.17) is 4.74 Å². The summed E-state index contributed by atoms with van der Waals surface area (Å²) in [4.78, 5) is 3.45. The molecular weight excluding hydrogens is 234 g/mol. The van der Waals surface area contributed by atoms with E-state index in [0.29, 0.717) is 13.2 Å². The van der Waals surface area contributed by atoms with Gasteiger partial charge in [0.2, 0.25) is 0 Å². The maximum absolute atomic E-state index is 9.78. The highest BCUT2D eigenvalue weighted by atomic mass is 32.1. The molecule has 1 rings (SSSR count). The molecule has 98 valence electrons. The Kier molecular flexibility index (Phi) is 7.44. The molecule has 1 N–H and O–H groups in total. The minimum absolute atomic E-state index is 0.392. The quantitative estimate of drug-likeness (QED) is 0.689. The maximum atomic E-state index is 9.78. The largest absolute Gasteiger partial charge is 0.389 e. The predicted molar refractivity (Wildman–Crippen MR) is 72.4 cm³/mol. The molecule has 1 heterocycles. The fraction of sp³-hybridized carbons (Fsp3) is 0.692. The molecule has 0 aliphatic heterocycles. The molecular formula is C13H23NO2S. The van der Waals surface area contributed by atoms with Crippen LogP contribution in [0.2, 0.25) is 0 Å². The number of unbranched alkanes of at least 4 members (excludes halogenated alkanes) is 1. The summed E-state index contributed by atoms with van der Waals surface area (Å²) in [6, 6.07) is 4.17. The third kappa shape index (κ3) is 6.78. The first-order valence-electron chi connectivity index (χ1n) is 6.19. The molecule has 0 saturated carbocycles. The average molecular weight is 257 g/mol. The van der Waals surface area contributed by atoms with Crippen LogP contribution in [0.25, 0.3) is 0 Å². The molecule has 1 unspecified atom stereocenters. The van der Waals surface area contributed by atoms with Gasteiger partial charge in [-0.2, -0.15) is 0 Å². The molecule has 1 atom stereocenters. The Morgan fingerprint density at radius 2 is 2.35 bits per heavy atom. The van der Waals surface area contributed by atoms with E-state index < -0.39 is 6.10 Å². The van der Waals surface area contributed by atoms with E-state index in [1.54, 1.807) is 11.3 Å². The minimum Gasteiger partial charge on any atom is -0.389 e. The van der Waals surface area contributed by atoms with E-state index in [1.165, 1.54) is 4.88 Å². The highest BCUT2D eigenvalue weighted by Gasteiger charge is 2.09. The van der Waals surface area contributed by atoms with Crippen LogP contribution in [0.1, 0.15) is 24.6 Å². The van der Waals surface area contributed by atoms with Gasteiger partial charge in [-0.05, 0) is 24.9 Å². The van der Waals surface area contributed by atoms with Crippen LogP contribution in [0, 0.1) is 0 Å². The normalized spacial score (nSPS) is 13.2. The molecule has 0 amide bonds. The molecule has 17 heavy (non-hydrogen) atoms. The number of ether oxygens (including phenoxy) is 1. The number of hydrogen-bond acceptors (Lipinski definition) is 4. The van der Waals surface area contributed by atoms with E-state index in [0.717, 1.165) is 26.0 Å². The molecule has 4 heteroatoms. The lowest BCUT2D eigenvalue weighted by Gasteiger charge is -2.19. The van der Waals surface area contributed by atoms with E-state index >= 15 is 0 Å². The molecule has 0 aliphatic carbocycles. The van der Waals surface area contributed by atoms with Crippen molar-refractivity contribution in [1.82, 2.24) is 4.90 Å². The minimum atomic E-state index is -0.392. The maximum Gasteiger partial charge on any atom is 0.0900 e. The van der Waals surface area contributed by atoms with E-state index in [9.17, 15) is 5.11 Å². The Balaban J connectivity index is 2.10. The van der Waals surface area contributed by atoms with E-state index in [-0.39, 0.29) is 0 Å². The fourth-order valence-electron chi connectivity index (χ4n) is 1.61. The van der Waals surface area contributed by atoms with Crippen LogP contribution in [-0.2, 0) is 11.3 Å². The van der Waals surface area contributed by atoms with Gasteiger partial charge in [0.25, 0.3) is 0 Å². The lowest BCUT2D eigenvalue weighted by atomic mass is 10.3. The zero-order chi connectivity index (χ0) is 12.5. The second kappa shape index (κ2) is 8.64. The zero-order valence-electron chi connectivity index (χ0n) is 10.8. The zero-order valence-corrected chi connectivity index (χ0v) is 11.6. The topological polar surface area (TPSA) is 32.7 Å². The molecule has 0 aromatic carbocycles. The van der Waals surface area contributed by atoms with Gasteiger partial charge in [0.05, 0.1) is 12.7 Å². The van der Waals surface area contributed by atoms with Crippen molar-refractivity contribution in [3.63, 3.8) is 0 Å². The van der Waals surface area contributed by atoms with Crippen molar-refractivity contribution in [1.29, 1.82) is 0 Å². The number of rotatable bonds is 9. The van der Waals surface area contributed by atoms with Crippen molar-refractivity contribution in [2.75, 3.05) is 26.8 Å². The third-order valence-electron chi connectivity index (χ3n) is 2.48. The summed E-state index contributed by atoms with van der Waals surface area (Å²) >= 11 is 1.75. The Morgan fingerprint density at radius 3 is 3.00 bits per heavy atom. The number of aliphatic hydroxyl groups excluding tert-OH is 1. The number of hydrogen-bond donors (Lipinski definition) is 1. The monoisotopic (exact) mass is 257 g/mol. The highest BCUT2D eigenvalue weighted by molar-refractivity contribution is 7.09. The molecule has 0 saturated heterocycles. The van der Waals surface area contributed by atoms with Crippen LogP contribution in [-0.4, -0.2) is 42.9 Å². The van der Waals surface area contributed by atoms with Crippen molar-refractivity contribution in [3.05, 3.63) is 22.4 Å². The first-order valence-corrected chi connectivity index (χ1v) is 7.07. The van der Waals surface area contributed by atoms with E-state index in [2.05, 4.69) is 29.3 Å². The Labute approximate surface area is 108 Å². The van der Waals surface area contributed by atoms with Gasteiger partial charge in [0, 0.05) is 24.6 Å². The van der Waals surface area contributed by atoms with E-state index in [1.807, 2.05) is 7.05 Å². The van der Waals surface area contributed by atoms with Crippen LogP contribution in [0.5, 0.6) is 0 Å². The Morgan fingerprint density at radius 1 is 1.53 bits per heavy atom. The molecule has 3 nitrogen and oxygen atoms in total. The number of nitrogens with zero attached hydrogens (tertiary/aromatic N) is 1. The molecule has 1 aromatic heterocycles. The Bertz CT molecular complexity index is 277. The number of likely N-dealkylation sites (N-methyl/N-ethyl adjacent to an activating group) is 1. The van der Waals surface area contributed by atoms with Crippen LogP contribution in [0.3, 0.4) is 0 Å². The van der Waals surface area contributed by atoms with Crippen LogP contribution >= 0.6 is 11.3 Å². The van der Waals surface area contributed by atoms with Gasteiger partial charge in [-0.25, -0.2) is 0 Å². The highest BCUT2D eigenvalue weighted by Crippen LogP contribution is 2.10. The predicted octanol–water partition coefficient (Wildman–Crippen LogP) is 2.36. The summed E-state index contributed by atoms with van der Waals surface area (Å²) in [7, 11) is 2.02. The third-order valence-corrected chi connectivity index (χ3v) is 3.34. The fourth-order valence-corrected chi connectivity index (χ4v) is 2.40. The van der Waals surface area contributed by atoms with Gasteiger partial charge in [0.15, 0.2) is 0 Å². The van der Waals surface area contributed by atoms with Gasteiger partial charge in [0.1, 0.15) is 0 Å². The van der Waals surface area contributed by atoms with Crippen molar-refractivity contribution in [3.8, 4) is 0 Å². The summed E-state index contributed by atoms with van der Waals surface area (Å²) in [6.07, 6.45) is 1.81. The molecule has 0 aliphatic rings. The van der Waals surface area contributed by atoms with Crippen LogP contribution in [0.15, 0.2) is 17.5 Å². The SMILES string of the molecule is CCCCOCC(O)CN(C)Cc1cccs1. The summed E-state index contributed by atoms with van der Waals surface area (Å²) < 4.78 is 5.40. The summed E-state index contributed by atoms with van der Waals surface area (Å²) in [5.41, 5.74) is 0. The van der Waals surface area contributed by atoms with Gasteiger partial charge < -0.3 is 9.84 Å². The molecule has 1 aromatic rings. The average Bonchev–Trinajstić information content (AvgIpc) is 2.77. The van der Waals surface area contributed by atoms with Gasteiger partial charge in [-0.3, -0.25) is 4.90 Å². The smallest absolute Gasteiger partial charge is 0.0900 e. The van der Waals surface area contributed by atoms with Crippen molar-refractivity contribution < 1.29 is 9.84 Å². The second-order valence-electron chi connectivity index (χ2n) is 4.36. The summed E-state index contributed by atoms with van der Waals surface area (Å²) in [5, 5.41) is 11.9. The van der Waals surface area contributed by atoms with Crippen molar-refractivity contribution in [2.24, 2.45) is 0 Å². The summed E-state index contributed by atoms with van der Waals surface area (Å²) in [6.45, 7) is 4.87. The van der Waals surface area contributed by atoms with Gasteiger partial charge >= 0.3 is 0 Å². The number of thiophene rings is 1. The molecule has 0 spiro atoms. The number of aliphatic hydroxyl groups is 1.